The van der Waals surface area contributed by atoms with Crippen LogP contribution in [0.4, 0.5) is 0 Å². The summed E-state index contributed by atoms with van der Waals surface area (Å²) in [4.78, 5) is 14.1. The van der Waals surface area contributed by atoms with E-state index in [0.29, 0.717) is 18.3 Å². The number of amides is 1. The number of hydrogen-bond donors (Lipinski definition) is 2. The van der Waals surface area contributed by atoms with Crippen molar-refractivity contribution in [2.24, 2.45) is 17.8 Å². The van der Waals surface area contributed by atoms with Crippen LogP contribution < -0.4 is 0 Å². The molecule has 4 nitrogen and oxygen atoms in total. The first-order valence-corrected chi connectivity index (χ1v) is 12.1. The molecule has 0 spiro atoms. The van der Waals surface area contributed by atoms with Gasteiger partial charge >= 0.3 is 0 Å². The summed E-state index contributed by atoms with van der Waals surface area (Å²) in [5.74, 6) is 1.45. The Morgan fingerprint density at radius 3 is 2.63 bits per heavy atom. The van der Waals surface area contributed by atoms with Crippen LogP contribution in [0.25, 0.3) is 0 Å². The fourth-order valence-electron chi connectivity index (χ4n) is 5.00. The van der Waals surface area contributed by atoms with Gasteiger partial charge in [-0.05, 0) is 71.1 Å². The predicted molar refractivity (Wildman–Crippen MR) is 124 cm³/mol. The molecule has 2 N–H and O–H groups in total. The summed E-state index contributed by atoms with van der Waals surface area (Å²) in [6.07, 6.45) is 15.4. The van der Waals surface area contributed by atoms with Gasteiger partial charge in [-0.3, -0.25) is 4.79 Å². The molecule has 0 unspecified atom stereocenters. The number of fused-ring (bicyclic) bond motifs is 1. The van der Waals surface area contributed by atoms with E-state index in [-0.39, 0.29) is 29.6 Å². The third-order valence-electron chi connectivity index (χ3n) is 7.18. The van der Waals surface area contributed by atoms with E-state index in [9.17, 15) is 15.0 Å². The standard InChI is InChI=1S/C26H45NO3/c1-6-7-8-12-21(28)14-15-22-23-17-19(16-20(23)18-24(22)29)11-9-10-13-25(30)27(5)26(2,3)4/h11,14-15,20-24,28-29H,6-10,12-13,16-18H2,1-5H3/b15-14+,19-11+/t20-,21-,22+,23-,24+/m0/s1. The van der Waals surface area contributed by atoms with E-state index >= 15 is 0 Å². The predicted octanol–water partition coefficient (Wildman–Crippen LogP) is 5.24. The number of rotatable bonds is 10. The van der Waals surface area contributed by atoms with E-state index in [0.717, 1.165) is 57.8 Å². The van der Waals surface area contributed by atoms with Crippen LogP contribution >= 0.6 is 0 Å². The molecule has 30 heavy (non-hydrogen) atoms. The van der Waals surface area contributed by atoms with Crippen molar-refractivity contribution in [1.29, 1.82) is 0 Å². The summed E-state index contributed by atoms with van der Waals surface area (Å²) in [6, 6.07) is 0. The zero-order valence-electron chi connectivity index (χ0n) is 19.9. The van der Waals surface area contributed by atoms with E-state index in [1.165, 1.54) is 5.57 Å². The van der Waals surface area contributed by atoms with Gasteiger partial charge in [0.1, 0.15) is 0 Å². The maximum Gasteiger partial charge on any atom is 0.222 e. The maximum absolute atomic E-state index is 12.3. The molecule has 0 heterocycles. The topological polar surface area (TPSA) is 60.8 Å². The molecule has 172 valence electrons. The van der Waals surface area contributed by atoms with Crippen molar-refractivity contribution < 1.29 is 15.0 Å². The lowest BCUT2D eigenvalue weighted by atomic mass is 9.90. The fourth-order valence-corrected chi connectivity index (χ4v) is 5.00. The fraction of sp³-hybridized carbons (Fsp3) is 0.808. The minimum absolute atomic E-state index is 0.120. The summed E-state index contributed by atoms with van der Waals surface area (Å²) in [6.45, 7) is 8.36. The first kappa shape index (κ1) is 25.1. The Hall–Kier alpha value is -1.13. The highest BCUT2D eigenvalue weighted by atomic mass is 16.3. The summed E-state index contributed by atoms with van der Waals surface area (Å²) >= 11 is 0. The zero-order chi connectivity index (χ0) is 22.3. The smallest absolute Gasteiger partial charge is 0.222 e. The second-order valence-corrected chi connectivity index (χ2v) is 10.5. The van der Waals surface area contributed by atoms with Crippen LogP contribution in [-0.2, 0) is 4.79 Å². The molecular weight excluding hydrogens is 374 g/mol. The summed E-state index contributed by atoms with van der Waals surface area (Å²) in [5.41, 5.74) is 1.38. The summed E-state index contributed by atoms with van der Waals surface area (Å²) < 4.78 is 0. The second kappa shape index (κ2) is 11.5. The van der Waals surface area contributed by atoms with Gasteiger partial charge in [0, 0.05) is 24.9 Å². The Morgan fingerprint density at radius 1 is 1.23 bits per heavy atom. The third kappa shape index (κ3) is 7.23. The van der Waals surface area contributed by atoms with Crippen LogP contribution in [-0.4, -0.2) is 45.8 Å². The van der Waals surface area contributed by atoms with Crippen molar-refractivity contribution in [3.05, 3.63) is 23.8 Å². The van der Waals surface area contributed by atoms with Gasteiger partial charge in [0.25, 0.3) is 0 Å². The molecular formula is C26H45NO3. The number of allylic oxidation sites excluding steroid dienone is 2. The Bertz CT molecular complexity index is 604. The molecule has 2 aliphatic carbocycles. The number of unbranched alkanes of at least 4 members (excludes halogenated alkanes) is 3. The lowest BCUT2D eigenvalue weighted by molar-refractivity contribution is -0.134. The zero-order valence-corrected chi connectivity index (χ0v) is 19.9. The van der Waals surface area contributed by atoms with E-state index in [2.05, 4.69) is 39.8 Å². The van der Waals surface area contributed by atoms with Gasteiger partial charge in [0.05, 0.1) is 12.2 Å². The Balaban J connectivity index is 1.79. The molecule has 0 aromatic rings. The Labute approximate surface area is 184 Å². The van der Waals surface area contributed by atoms with Gasteiger partial charge in [-0.2, -0.15) is 0 Å². The van der Waals surface area contributed by atoms with E-state index in [1.54, 1.807) is 0 Å². The molecule has 0 radical (unpaired) electrons. The van der Waals surface area contributed by atoms with Crippen LogP contribution in [0, 0.1) is 17.8 Å². The van der Waals surface area contributed by atoms with Crippen molar-refractivity contribution >= 4 is 5.91 Å². The molecule has 4 heteroatoms. The number of carbonyl (C=O) groups is 1. The van der Waals surface area contributed by atoms with E-state index in [1.807, 2.05) is 18.0 Å². The van der Waals surface area contributed by atoms with Crippen molar-refractivity contribution in [1.82, 2.24) is 4.90 Å². The summed E-state index contributed by atoms with van der Waals surface area (Å²) in [5, 5.41) is 20.7. The van der Waals surface area contributed by atoms with Crippen LogP contribution in [0.1, 0.15) is 91.9 Å². The number of nitrogens with zero attached hydrogens (tertiary/aromatic N) is 1. The van der Waals surface area contributed by atoms with Gasteiger partial charge in [-0.1, -0.05) is 50.0 Å². The minimum Gasteiger partial charge on any atom is -0.392 e. The maximum atomic E-state index is 12.3. The number of hydrogen-bond acceptors (Lipinski definition) is 3. The number of aliphatic hydroxyl groups is 2. The molecule has 0 aromatic heterocycles. The first-order chi connectivity index (χ1) is 14.1. The monoisotopic (exact) mass is 419 g/mol. The van der Waals surface area contributed by atoms with Crippen molar-refractivity contribution in [3.63, 3.8) is 0 Å². The molecule has 2 rings (SSSR count). The Kier molecular flexibility index (Phi) is 9.62. The highest BCUT2D eigenvalue weighted by molar-refractivity contribution is 5.76. The quantitative estimate of drug-likeness (QED) is 0.376. The molecule has 0 bridgehead atoms. The molecule has 0 saturated heterocycles. The average molecular weight is 420 g/mol. The van der Waals surface area contributed by atoms with Crippen LogP contribution in [0.15, 0.2) is 23.8 Å². The van der Waals surface area contributed by atoms with Gasteiger partial charge in [0.2, 0.25) is 5.91 Å². The van der Waals surface area contributed by atoms with Crippen molar-refractivity contribution in [2.75, 3.05) is 7.05 Å². The lowest BCUT2D eigenvalue weighted by Crippen LogP contribution is -2.42. The van der Waals surface area contributed by atoms with Crippen LogP contribution in [0.2, 0.25) is 0 Å². The first-order valence-electron chi connectivity index (χ1n) is 12.1. The number of carbonyl (C=O) groups excluding carboxylic acids is 1. The van der Waals surface area contributed by atoms with Crippen molar-refractivity contribution in [2.45, 2.75) is 110 Å². The molecule has 0 aliphatic heterocycles. The number of aliphatic hydroxyl groups excluding tert-OH is 2. The van der Waals surface area contributed by atoms with Gasteiger partial charge in [-0.25, -0.2) is 0 Å². The minimum atomic E-state index is -0.386. The summed E-state index contributed by atoms with van der Waals surface area (Å²) in [7, 11) is 1.89. The van der Waals surface area contributed by atoms with E-state index < -0.39 is 0 Å². The highest BCUT2D eigenvalue weighted by Gasteiger charge is 2.44. The van der Waals surface area contributed by atoms with Gasteiger partial charge < -0.3 is 15.1 Å². The third-order valence-corrected chi connectivity index (χ3v) is 7.18. The molecule has 5 atom stereocenters. The SMILES string of the molecule is CCCCC[C@H](O)/C=C/[C@@H]1[C@H]2C/C(=C/CCCC(=O)N(C)C(C)(C)C)C[C@H]2C[C@H]1O. The van der Waals surface area contributed by atoms with Crippen molar-refractivity contribution in [3.8, 4) is 0 Å². The normalized spacial score (nSPS) is 29.0. The molecule has 0 aromatic carbocycles. The van der Waals surface area contributed by atoms with Gasteiger partial charge in [0.15, 0.2) is 0 Å². The lowest BCUT2D eigenvalue weighted by Gasteiger charge is -2.32. The molecule has 2 fully saturated rings. The largest absolute Gasteiger partial charge is 0.392 e. The second-order valence-electron chi connectivity index (χ2n) is 10.5. The Morgan fingerprint density at radius 2 is 1.97 bits per heavy atom. The van der Waals surface area contributed by atoms with E-state index in [4.69, 9.17) is 0 Å². The van der Waals surface area contributed by atoms with Crippen LogP contribution in [0.5, 0.6) is 0 Å². The van der Waals surface area contributed by atoms with Crippen LogP contribution in [0.3, 0.4) is 0 Å². The highest BCUT2D eigenvalue weighted by Crippen LogP contribution is 2.50. The molecule has 1 amide bonds. The average Bonchev–Trinajstić information content (AvgIpc) is 3.18. The molecule has 2 aliphatic rings. The van der Waals surface area contributed by atoms with Gasteiger partial charge in [-0.15, -0.1) is 0 Å². The molecule has 2 saturated carbocycles.